The van der Waals surface area contributed by atoms with Gasteiger partial charge >= 0.3 is 0 Å². The van der Waals surface area contributed by atoms with E-state index in [9.17, 15) is 4.79 Å². The summed E-state index contributed by atoms with van der Waals surface area (Å²) in [6.07, 6.45) is 2.18. The summed E-state index contributed by atoms with van der Waals surface area (Å²) in [5.74, 6) is 0.344. The van der Waals surface area contributed by atoms with Crippen LogP contribution in [0.2, 0.25) is 0 Å². The fourth-order valence-electron chi connectivity index (χ4n) is 1.62. The first-order valence-electron chi connectivity index (χ1n) is 5.76. The molecule has 0 bridgehead atoms. The molecule has 4 heteroatoms. The Balaban J connectivity index is 3.10. The third kappa shape index (κ3) is 2.82. The molecule has 1 rings (SSSR count). The van der Waals surface area contributed by atoms with Gasteiger partial charge in [-0.1, -0.05) is 6.92 Å². The number of rotatable bonds is 6. The van der Waals surface area contributed by atoms with Crippen molar-refractivity contribution in [1.29, 1.82) is 0 Å². The predicted molar refractivity (Wildman–Crippen MR) is 65.4 cm³/mol. The highest BCUT2D eigenvalue weighted by molar-refractivity contribution is 6.02. The van der Waals surface area contributed by atoms with Gasteiger partial charge in [0, 0.05) is 12.8 Å². The zero-order valence-corrected chi connectivity index (χ0v) is 10.8. The lowest BCUT2D eigenvalue weighted by Gasteiger charge is -2.26. The molecule has 1 aromatic heterocycles. The minimum Gasteiger partial charge on any atom is -0.494 e. The maximum absolute atomic E-state index is 12.4. The van der Waals surface area contributed by atoms with E-state index < -0.39 is 5.60 Å². The van der Waals surface area contributed by atoms with Gasteiger partial charge in [0.05, 0.1) is 7.11 Å². The summed E-state index contributed by atoms with van der Waals surface area (Å²) in [4.78, 5) is 16.5. The summed E-state index contributed by atoms with van der Waals surface area (Å²) in [5, 5.41) is 0. The Kier molecular flexibility index (Phi) is 4.63. The topological polar surface area (TPSA) is 48.4 Å². The van der Waals surface area contributed by atoms with Crippen LogP contribution in [0.4, 0.5) is 0 Å². The van der Waals surface area contributed by atoms with Gasteiger partial charge in [-0.3, -0.25) is 4.79 Å². The molecule has 0 aliphatic carbocycles. The second kappa shape index (κ2) is 5.77. The summed E-state index contributed by atoms with van der Waals surface area (Å²) in [6, 6.07) is 3.46. The van der Waals surface area contributed by atoms with Gasteiger partial charge in [0.2, 0.25) is 5.78 Å². The fourth-order valence-corrected chi connectivity index (χ4v) is 1.62. The maximum Gasteiger partial charge on any atom is 0.216 e. The molecule has 0 aliphatic rings. The van der Waals surface area contributed by atoms with Crippen molar-refractivity contribution in [2.24, 2.45) is 0 Å². The molecule has 0 saturated carbocycles. The summed E-state index contributed by atoms with van der Waals surface area (Å²) in [5.41, 5.74) is -0.510. The molecule has 0 amide bonds. The van der Waals surface area contributed by atoms with Crippen LogP contribution in [-0.4, -0.2) is 30.1 Å². The Morgan fingerprint density at radius 1 is 1.47 bits per heavy atom. The first-order valence-corrected chi connectivity index (χ1v) is 5.76. The molecule has 4 nitrogen and oxygen atoms in total. The van der Waals surface area contributed by atoms with E-state index in [-0.39, 0.29) is 5.78 Å². The van der Waals surface area contributed by atoms with Crippen LogP contribution in [0.5, 0.6) is 5.75 Å². The monoisotopic (exact) mass is 237 g/mol. The minimum atomic E-state index is -0.837. The Bertz CT molecular complexity index is 392. The van der Waals surface area contributed by atoms with Crippen LogP contribution in [-0.2, 0) is 4.74 Å². The smallest absolute Gasteiger partial charge is 0.216 e. The predicted octanol–water partition coefficient (Wildman–Crippen LogP) is 2.48. The Labute approximate surface area is 102 Å². The molecular formula is C13H19NO3. The summed E-state index contributed by atoms with van der Waals surface area (Å²) >= 11 is 0. The van der Waals surface area contributed by atoms with Gasteiger partial charge in [-0.2, -0.15) is 0 Å². The fraction of sp³-hybridized carbons (Fsp3) is 0.538. The van der Waals surface area contributed by atoms with Crippen molar-refractivity contribution in [3.8, 4) is 5.75 Å². The molecule has 0 aromatic carbocycles. The average Bonchev–Trinajstić information content (AvgIpc) is 2.38. The van der Waals surface area contributed by atoms with Crippen molar-refractivity contribution in [2.45, 2.75) is 32.8 Å². The second-order valence-electron chi connectivity index (χ2n) is 3.90. The summed E-state index contributed by atoms with van der Waals surface area (Å²) in [6.45, 7) is 6.07. The summed E-state index contributed by atoms with van der Waals surface area (Å²) in [7, 11) is 1.53. The SMILES string of the molecule is CCOC(C)(CC)C(=O)c1ncccc1OC. The largest absolute Gasteiger partial charge is 0.494 e. The molecular weight excluding hydrogens is 218 g/mol. The lowest BCUT2D eigenvalue weighted by molar-refractivity contribution is -0.0121. The number of aromatic nitrogens is 1. The highest BCUT2D eigenvalue weighted by Gasteiger charge is 2.35. The molecule has 0 spiro atoms. The number of hydrogen-bond donors (Lipinski definition) is 0. The van der Waals surface area contributed by atoms with E-state index in [1.54, 1.807) is 25.3 Å². The van der Waals surface area contributed by atoms with E-state index in [2.05, 4.69) is 4.98 Å². The van der Waals surface area contributed by atoms with E-state index in [1.165, 1.54) is 7.11 Å². The lowest BCUT2D eigenvalue weighted by atomic mass is 9.94. The van der Waals surface area contributed by atoms with E-state index in [0.717, 1.165) is 0 Å². The van der Waals surface area contributed by atoms with Gasteiger partial charge in [-0.25, -0.2) is 4.98 Å². The van der Waals surface area contributed by atoms with Gasteiger partial charge in [0.25, 0.3) is 0 Å². The number of carbonyl (C=O) groups is 1. The van der Waals surface area contributed by atoms with Gasteiger partial charge in [0.15, 0.2) is 5.69 Å². The third-order valence-corrected chi connectivity index (χ3v) is 2.82. The minimum absolute atomic E-state index is 0.140. The first kappa shape index (κ1) is 13.6. The Hall–Kier alpha value is -1.42. The number of pyridine rings is 1. The molecule has 17 heavy (non-hydrogen) atoms. The van der Waals surface area contributed by atoms with Crippen LogP contribution in [0, 0.1) is 0 Å². The maximum atomic E-state index is 12.4. The lowest BCUT2D eigenvalue weighted by Crippen LogP contribution is -2.38. The van der Waals surface area contributed by atoms with Crippen LogP contribution in [0.15, 0.2) is 18.3 Å². The Morgan fingerprint density at radius 3 is 2.71 bits per heavy atom. The molecule has 1 aromatic rings. The summed E-state index contributed by atoms with van der Waals surface area (Å²) < 4.78 is 10.7. The standard InChI is InChI=1S/C13H19NO3/c1-5-13(3,17-6-2)12(15)11-10(16-4)8-7-9-14-11/h7-9H,5-6H2,1-4H3. The molecule has 1 atom stereocenters. The average molecular weight is 237 g/mol. The van der Waals surface area contributed by atoms with Gasteiger partial charge < -0.3 is 9.47 Å². The quantitative estimate of drug-likeness (QED) is 0.713. The molecule has 94 valence electrons. The number of Topliss-reactive ketones (excluding diaryl/α,β-unsaturated/α-hetero) is 1. The number of nitrogens with zero attached hydrogens (tertiary/aromatic N) is 1. The van der Waals surface area contributed by atoms with Crippen LogP contribution < -0.4 is 4.74 Å². The van der Waals surface area contributed by atoms with E-state index in [1.807, 2.05) is 13.8 Å². The van der Waals surface area contributed by atoms with Gasteiger partial charge in [-0.15, -0.1) is 0 Å². The number of methoxy groups -OCH3 is 1. The van der Waals surface area contributed by atoms with Crippen LogP contribution >= 0.6 is 0 Å². The number of carbonyl (C=O) groups excluding carboxylic acids is 1. The van der Waals surface area contributed by atoms with Crippen LogP contribution in [0.25, 0.3) is 0 Å². The van der Waals surface area contributed by atoms with E-state index in [0.29, 0.717) is 24.5 Å². The van der Waals surface area contributed by atoms with Crippen molar-refractivity contribution in [2.75, 3.05) is 13.7 Å². The van der Waals surface area contributed by atoms with E-state index in [4.69, 9.17) is 9.47 Å². The highest BCUT2D eigenvalue weighted by atomic mass is 16.5. The second-order valence-corrected chi connectivity index (χ2v) is 3.90. The molecule has 0 fully saturated rings. The molecule has 0 saturated heterocycles. The van der Waals surface area contributed by atoms with Crippen molar-refractivity contribution in [3.05, 3.63) is 24.0 Å². The Morgan fingerprint density at radius 2 is 2.18 bits per heavy atom. The molecule has 0 N–H and O–H groups in total. The zero-order valence-electron chi connectivity index (χ0n) is 10.8. The van der Waals surface area contributed by atoms with Crippen LogP contribution in [0.3, 0.4) is 0 Å². The number of hydrogen-bond acceptors (Lipinski definition) is 4. The van der Waals surface area contributed by atoms with Crippen molar-refractivity contribution in [3.63, 3.8) is 0 Å². The zero-order chi connectivity index (χ0) is 12.9. The normalized spacial score (nSPS) is 14.1. The van der Waals surface area contributed by atoms with Crippen molar-refractivity contribution >= 4 is 5.78 Å². The van der Waals surface area contributed by atoms with Gasteiger partial charge in [-0.05, 0) is 32.4 Å². The molecule has 0 radical (unpaired) electrons. The number of ketones is 1. The third-order valence-electron chi connectivity index (χ3n) is 2.82. The molecule has 0 aliphatic heterocycles. The van der Waals surface area contributed by atoms with Gasteiger partial charge in [0.1, 0.15) is 11.4 Å². The first-order chi connectivity index (χ1) is 8.09. The molecule has 1 unspecified atom stereocenters. The van der Waals surface area contributed by atoms with E-state index >= 15 is 0 Å². The molecule has 1 heterocycles. The van der Waals surface area contributed by atoms with Crippen LogP contribution in [0.1, 0.15) is 37.7 Å². The van der Waals surface area contributed by atoms with Crippen molar-refractivity contribution < 1.29 is 14.3 Å². The van der Waals surface area contributed by atoms with Crippen molar-refractivity contribution in [1.82, 2.24) is 4.98 Å². The highest BCUT2D eigenvalue weighted by Crippen LogP contribution is 2.25. The number of ether oxygens (including phenoxy) is 2.